The van der Waals surface area contributed by atoms with Gasteiger partial charge >= 0.3 is 0 Å². The third-order valence-corrected chi connectivity index (χ3v) is 3.48. The number of aliphatic hydroxyl groups is 1. The quantitative estimate of drug-likeness (QED) is 0.486. The van der Waals surface area contributed by atoms with E-state index in [0.29, 0.717) is 25.4 Å². The second-order valence-electron chi connectivity index (χ2n) is 5.42. The smallest absolute Gasteiger partial charge is 0.273 e. The molecule has 1 aromatic rings. The van der Waals surface area contributed by atoms with E-state index in [1.807, 2.05) is 0 Å². The van der Waals surface area contributed by atoms with Crippen molar-refractivity contribution in [1.82, 2.24) is 15.8 Å². The minimum Gasteiger partial charge on any atom is -0.394 e. The van der Waals surface area contributed by atoms with Crippen LogP contribution >= 0.6 is 0 Å². The van der Waals surface area contributed by atoms with E-state index in [2.05, 4.69) is 15.8 Å². The third-order valence-electron chi connectivity index (χ3n) is 3.48. The van der Waals surface area contributed by atoms with Gasteiger partial charge < -0.3 is 26.0 Å². The summed E-state index contributed by atoms with van der Waals surface area (Å²) in [6, 6.07) is 1.19. The number of nitrogens with one attached hydrogen (secondary N) is 2. The van der Waals surface area contributed by atoms with Gasteiger partial charge in [0, 0.05) is 31.5 Å². The van der Waals surface area contributed by atoms with Gasteiger partial charge in [-0.2, -0.15) is 0 Å². The highest BCUT2D eigenvalue weighted by Crippen LogP contribution is 2.40. The number of carbonyl (C=O) groups excluding carboxylic acids is 2. The van der Waals surface area contributed by atoms with Crippen molar-refractivity contribution < 1.29 is 19.2 Å². The van der Waals surface area contributed by atoms with Gasteiger partial charge in [0.15, 0.2) is 5.69 Å². The van der Waals surface area contributed by atoms with Crippen molar-refractivity contribution in [3.05, 3.63) is 17.5 Å². The van der Waals surface area contributed by atoms with E-state index in [-0.39, 0.29) is 30.5 Å². The summed E-state index contributed by atoms with van der Waals surface area (Å²) in [5, 5.41) is 18.4. The highest BCUT2D eigenvalue weighted by molar-refractivity contribution is 5.92. The minimum atomic E-state index is -0.452. The van der Waals surface area contributed by atoms with Crippen molar-refractivity contribution >= 4 is 11.8 Å². The number of nitrogens with zero attached hydrogens (tertiary/aromatic N) is 1. The van der Waals surface area contributed by atoms with Crippen LogP contribution in [0, 0.1) is 0 Å². The molecule has 0 aromatic carbocycles. The Morgan fingerprint density at radius 2 is 2.27 bits per heavy atom. The molecule has 22 heavy (non-hydrogen) atoms. The maximum atomic E-state index is 12.0. The van der Waals surface area contributed by atoms with Gasteiger partial charge in [0.05, 0.1) is 12.6 Å². The van der Waals surface area contributed by atoms with Gasteiger partial charge in [0.1, 0.15) is 5.76 Å². The molecule has 1 fully saturated rings. The van der Waals surface area contributed by atoms with Gasteiger partial charge in [-0.1, -0.05) is 5.16 Å². The van der Waals surface area contributed by atoms with Crippen molar-refractivity contribution in [3.8, 4) is 0 Å². The van der Waals surface area contributed by atoms with Crippen LogP contribution < -0.4 is 16.4 Å². The van der Waals surface area contributed by atoms with E-state index >= 15 is 0 Å². The molecule has 0 bridgehead atoms. The molecule has 1 aliphatic rings. The molecule has 2 rings (SSSR count). The monoisotopic (exact) mass is 310 g/mol. The highest BCUT2D eigenvalue weighted by atomic mass is 16.5. The number of hydrogen-bond donors (Lipinski definition) is 4. The first kappa shape index (κ1) is 16.4. The Bertz CT molecular complexity index is 513. The predicted octanol–water partition coefficient (Wildman–Crippen LogP) is -0.502. The molecular formula is C14H22N4O4. The Morgan fingerprint density at radius 3 is 2.91 bits per heavy atom. The van der Waals surface area contributed by atoms with Crippen molar-refractivity contribution in [2.75, 3.05) is 19.7 Å². The molecule has 0 spiro atoms. The first-order valence-corrected chi connectivity index (χ1v) is 7.49. The normalized spacial score (nSPS) is 15.4. The molecule has 1 unspecified atom stereocenters. The zero-order valence-corrected chi connectivity index (χ0v) is 12.4. The topological polar surface area (TPSA) is 130 Å². The number of aromatic nitrogens is 1. The number of rotatable bonds is 9. The number of carbonyl (C=O) groups is 2. The first-order chi connectivity index (χ1) is 10.6. The Hall–Kier alpha value is -1.93. The molecule has 0 saturated heterocycles. The van der Waals surface area contributed by atoms with Crippen LogP contribution in [0.1, 0.15) is 47.8 Å². The molecule has 8 nitrogen and oxygen atoms in total. The molecule has 1 aliphatic carbocycles. The van der Waals surface area contributed by atoms with Gasteiger partial charge in [-0.15, -0.1) is 0 Å². The number of amides is 2. The summed E-state index contributed by atoms with van der Waals surface area (Å²) in [7, 11) is 0. The maximum Gasteiger partial charge on any atom is 0.273 e. The van der Waals surface area contributed by atoms with Gasteiger partial charge in [0.2, 0.25) is 5.91 Å². The fourth-order valence-corrected chi connectivity index (χ4v) is 2.03. The lowest BCUT2D eigenvalue weighted by Crippen LogP contribution is -2.40. The van der Waals surface area contributed by atoms with Crippen LogP contribution in [0.2, 0.25) is 0 Å². The zero-order chi connectivity index (χ0) is 15.9. The third kappa shape index (κ3) is 4.81. The fraction of sp³-hybridized carbons (Fsp3) is 0.643. The summed E-state index contributed by atoms with van der Waals surface area (Å²) in [6.07, 6.45) is 2.82. The van der Waals surface area contributed by atoms with Gasteiger partial charge in [-0.05, 0) is 19.3 Å². The zero-order valence-electron chi connectivity index (χ0n) is 12.4. The van der Waals surface area contributed by atoms with Crippen LogP contribution in [0.5, 0.6) is 0 Å². The fourth-order valence-electron chi connectivity index (χ4n) is 2.03. The molecule has 1 heterocycles. The molecule has 0 radical (unpaired) electrons. The molecule has 0 aliphatic heterocycles. The second kappa shape index (κ2) is 7.90. The van der Waals surface area contributed by atoms with Gasteiger partial charge in [0.25, 0.3) is 5.91 Å². The van der Waals surface area contributed by atoms with E-state index in [9.17, 15) is 14.7 Å². The lowest BCUT2D eigenvalue weighted by Gasteiger charge is -2.15. The standard InChI is InChI=1S/C14H22N4O4/c15-5-3-13(20)16-6-4-10(8-19)17-14(21)11-7-12(22-18-11)9-1-2-9/h7,9-10,19H,1-6,8,15H2,(H,16,20)(H,17,21). The Balaban J connectivity index is 1.75. The van der Waals surface area contributed by atoms with Crippen LogP contribution in [0.15, 0.2) is 10.6 Å². The molecule has 1 aromatic heterocycles. The minimum absolute atomic E-state index is 0.143. The summed E-state index contributed by atoms with van der Waals surface area (Å²) in [5.74, 6) is 0.597. The molecule has 8 heteroatoms. The maximum absolute atomic E-state index is 12.0. The first-order valence-electron chi connectivity index (χ1n) is 7.49. The van der Waals surface area contributed by atoms with Crippen molar-refractivity contribution in [3.63, 3.8) is 0 Å². The molecule has 2 amide bonds. The number of aliphatic hydroxyl groups excluding tert-OH is 1. The predicted molar refractivity (Wildman–Crippen MR) is 78.1 cm³/mol. The molecule has 1 saturated carbocycles. The molecule has 5 N–H and O–H groups in total. The highest BCUT2D eigenvalue weighted by Gasteiger charge is 2.29. The average Bonchev–Trinajstić information content (AvgIpc) is 3.23. The Morgan fingerprint density at radius 1 is 1.50 bits per heavy atom. The lowest BCUT2D eigenvalue weighted by molar-refractivity contribution is -0.120. The summed E-state index contributed by atoms with van der Waals surface area (Å²) in [6.45, 7) is 0.434. The van der Waals surface area contributed by atoms with Crippen LogP contribution in [-0.2, 0) is 4.79 Å². The van der Waals surface area contributed by atoms with E-state index in [1.165, 1.54) is 0 Å². The lowest BCUT2D eigenvalue weighted by atomic mass is 10.2. The van der Waals surface area contributed by atoms with Crippen LogP contribution in [0.4, 0.5) is 0 Å². The summed E-state index contributed by atoms with van der Waals surface area (Å²) in [4.78, 5) is 23.3. The van der Waals surface area contributed by atoms with Crippen molar-refractivity contribution in [2.45, 2.75) is 37.6 Å². The number of nitrogens with two attached hydrogens (primary N) is 1. The van der Waals surface area contributed by atoms with E-state index < -0.39 is 6.04 Å². The van der Waals surface area contributed by atoms with Gasteiger partial charge in [-0.25, -0.2) is 0 Å². The van der Waals surface area contributed by atoms with E-state index in [4.69, 9.17) is 10.3 Å². The van der Waals surface area contributed by atoms with Crippen LogP contribution in [0.25, 0.3) is 0 Å². The van der Waals surface area contributed by atoms with E-state index in [0.717, 1.165) is 18.6 Å². The Labute approximate surface area is 128 Å². The molecule has 122 valence electrons. The largest absolute Gasteiger partial charge is 0.394 e. The van der Waals surface area contributed by atoms with Crippen LogP contribution in [-0.4, -0.2) is 47.8 Å². The van der Waals surface area contributed by atoms with E-state index in [1.54, 1.807) is 6.07 Å². The SMILES string of the molecule is NCCC(=O)NCCC(CO)NC(=O)c1cc(C2CC2)on1. The summed E-state index contributed by atoms with van der Waals surface area (Å²) in [5.41, 5.74) is 5.49. The van der Waals surface area contributed by atoms with Crippen LogP contribution in [0.3, 0.4) is 0 Å². The van der Waals surface area contributed by atoms with Gasteiger partial charge in [-0.3, -0.25) is 9.59 Å². The second-order valence-corrected chi connectivity index (χ2v) is 5.42. The number of hydrogen-bond acceptors (Lipinski definition) is 6. The average molecular weight is 310 g/mol. The summed E-state index contributed by atoms with van der Waals surface area (Å²) < 4.78 is 5.12. The molecular weight excluding hydrogens is 288 g/mol. The summed E-state index contributed by atoms with van der Waals surface area (Å²) >= 11 is 0. The Kier molecular flexibility index (Phi) is 5.91. The van der Waals surface area contributed by atoms with Crippen molar-refractivity contribution in [1.29, 1.82) is 0 Å². The molecule has 1 atom stereocenters. The van der Waals surface area contributed by atoms with Crippen molar-refractivity contribution in [2.24, 2.45) is 5.73 Å².